The van der Waals surface area contributed by atoms with Crippen molar-refractivity contribution in [3.8, 4) is 5.88 Å². The van der Waals surface area contributed by atoms with Gasteiger partial charge in [0.25, 0.3) is 0 Å². The standard InChI is InChI=1S/C13H10F3NO3/c14-13(15,16)5-6-20-11-9-4-2-1-3-8(9)7-10(17-11)12(18)19/h1-4,7H,5-6H2,(H,18,19). The van der Waals surface area contributed by atoms with Crippen molar-refractivity contribution in [1.82, 2.24) is 4.98 Å². The second-order valence-corrected chi connectivity index (χ2v) is 4.05. The van der Waals surface area contributed by atoms with Crippen molar-refractivity contribution in [2.24, 2.45) is 0 Å². The Bertz CT molecular complexity index is 640. The number of nitrogens with zero attached hydrogens (tertiary/aromatic N) is 1. The van der Waals surface area contributed by atoms with Gasteiger partial charge in [-0.2, -0.15) is 13.2 Å². The molecule has 0 bridgehead atoms. The van der Waals surface area contributed by atoms with Gasteiger partial charge in [0.1, 0.15) is 0 Å². The van der Waals surface area contributed by atoms with Gasteiger partial charge in [-0.15, -0.1) is 0 Å². The molecular weight excluding hydrogens is 275 g/mol. The highest BCUT2D eigenvalue weighted by atomic mass is 19.4. The summed E-state index contributed by atoms with van der Waals surface area (Å²) in [7, 11) is 0. The Morgan fingerprint density at radius 1 is 1.30 bits per heavy atom. The third-order valence-corrected chi connectivity index (χ3v) is 2.55. The zero-order valence-corrected chi connectivity index (χ0v) is 10.1. The molecule has 0 saturated carbocycles. The van der Waals surface area contributed by atoms with E-state index in [4.69, 9.17) is 9.84 Å². The fourth-order valence-corrected chi connectivity index (χ4v) is 1.65. The van der Waals surface area contributed by atoms with Crippen molar-refractivity contribution < 1.29 is 27.8 Å². The number of carboxylic acid groups (broad SMARTS) is 1. The molecule has 0 atom stereocenters. The molecule has 0 aliphatic carbocycles. The number of halogens is 3. The van der Waals surface area contributed by atoms with Gasteiger partial charge in [0.05, 0.1) is 13.0 Å². The Kier molecular flexibility index (Phi) is 3.78. The molecule has 0 unspecified atom stereocenters. The highest BCUT2D eigenvalue weighted by molar-refractivity contribution is 5.94. The van der Waals surface area contributed by atoms with E-state index in [1.54, 1.807) is 24.3 Å². The molecule has 1 heterocycles. The Morgan fingerprint density at radius 2 is 2.00 bits per heavy atom. The van der Waals surface area contributed by atoms with Crippen LogP contribution in [0.25, 0.3) is 10.8 Å². The largest absolute Gasteiger partial charge is 0.477 e. The molecule has 2 aromatic rings. The third-order valence-electron chi connectivity index (χ3n) is 2.55. The van der Waals surface area contributed by atoms with Crippen molar-refractivity contribution >= 4 is 16.7 Å². The average molecular weight is 285 g/mol. The van der Waals surface area contributed by atoms with E-state index in [9.17, 15) is 18.0 Å². The summed E-state index contributed by atoms with van der Waals surface area (Å²) in [5.74, 6) is -1.37. The second-order valence-electron chi connectivity index (χ2n) is 4.05. The number of hydrogen-bond acceptors (Lipinski definition) is 3. The number of fused-ring (bicyclic) bond motifs is 1. The summed E-state index contributed by atoms with van der Waals surface area (Å²) in [6, 6.07) is 7.94. The minimum Gasteiger partial charge on any atom is -0.477 e. The molecule has 4 nitrogen and oxygen atoms in total. The first-order valence-corrected chi connectivity index (χ1v) is 5.69. The predicted octanol–water partition coefficient (Wildman–Crippen LogP) is 3.26. The number of aromatic nitrogens is 1. The van der Waals surface area contributed by atoms with Gasteiger partial charge in [0.2, 0.25) is 5.88 Å². The molecule has 1 aromatic carbocycles. The molecule has 0 fully saturated rings. The Labute approximate surface area is 111 Å². The molecule has 0 radical (unpaired) electrons. The van der Waals surface area contributed by atoms with Crippen LogP contribution in [0.5, 0.6) is 5.88 Å². The summed E-state index contributed by atoms with van der Waals surface area (Å²) >= 11 is 0. The summed E-state index contributed by atoms with van der Waals surface area (Å²) in [4.78, 5) is 14.7. The zero-order valence-electron chi connectivity index (χ0n) is 10.1. The van der Waals surface area contributed by atoms with E-state index in [0.717, 1.165) is 0 Å². The number of benzene rings is 1. The summed E-state index contributed by atoms with van der Waals surface area (Å²) in [6.07, 6.45) is -5.46. The number of alkyl halides is 3. The molecule has 0 aliphatic heterocycles. The molecule has 0 spiro atoms. The zero-order chi connectivity index (χ0) is 14.8. The van der Waals surface area contributed by atoms with Crippen LogP contribution in [-0.4, -0.2) is 28.8 Å². The van der Waals surface area contributed by atoms with Crippen LogP contribution in [-0.2, 0) is 0 Å². The van der Waals surface area contributed by atoms with E-state index in [2.05, 4.69) is 4.98 Å². The number of pyridine rings is 1. The molecular formula is C13H10F3NO3. The smallest absolute Gasteiger partial charge is 0.392 e. The fraction of sp³-hybridized carbons (Fsp3) is 0.231. The summed E-state index contributed by atoms with van der Waals surface area (Å²) in [6.45, 7) is -0.608. The van der Waals surface area contributed by atoms with Crippen LogP contribution in [0.3, 0.4) is 0 Å². The number of carboxylic acids is 1. The number of aromatic carboxylic acids is 1. The second kappa shape index (κ2) is 5.36. The van der Waals surface area contributed by atoms with Crippen LogP contribution in [0.15, 0.2) is 30.3 Å². The maximum Gasteiger partial charge on any atom is 0.392 e. The molecule has 7 heteroatoms. The highest BCUT2D eigenvalue weighted by Crippen LogP contribution is 2.26. The van der Waals surface area contributed by atoms with Crippen LogP contribution < -0.4 is 4.74 Å². The minimum atomic E-state index is -4.33. The Balaban J connectivity index is 2.32. The van der Waals surface area contributed by atoms with Crippen LogP contribution in [0, 0.1) is 0 Å². The lowest BCUT2D eigenvalue weighted by Gasteiger charge is -2.10. The van der Waals surface area contributed by atoms with Crippen LogP contribution in [0.2, 0.25) is 0 Å². The van der Waals surface area contributed by atoms with Crippen molar-refractivity contribution in [3.63, 3.8) is 0 Å². The van der Waals surface area contributed by atoms with E-state index >= 15 is 0 Å². The lowest BCUT2D eigenvalue weighted by atomic mass is 10.1. The molecule has 1 N–H and O–H groups in total. The van der Waals surface area contributed by atoms with Gasteiger partial charge in [-0.3, -0.25) is 0 Å². The predicted molar refractivity (Wildman–Crippen MR) is 64.9 cm³/mol. The van der Waals surface area contributed by atoms with Gasteiger partial charge in [0.15, 0.2) is 5.69 Å². The van der Waals surface area contributed by atoms with Gasteiger partial charge in [-0.05, 0) is 17.5 Å². The van der Waals surface area contributed by atoms with E-state index in [1.165, 1.54) is 6.07 Å². The first-order valence-electron chi connectivity index (χ1n) is 5.69. The molecule has 0 amide bonds. The number of carbonyl (C=O) groups is 1. The molecule has 20 heavy (non-hydrogen) atoms. The molecule has 0 aliphatic rings. The van der Waals surface area contributed by atoms with Crippen molar-refractivity contribution in [3.05, 3.63) is 36.0 Å². The van der Waals surface area contributed by atoms with Gasteiger partial charge < -0.3 is 9.84 Å². The monoisotopic (exact) mass is 285 g/mol. The summed E-state index contributed by atoms with van der Waals surface area (Å²) in [5, 5.41) is 9.94. The van der Waals surface area contributed by atoms with Gasteiger partial charge in [-0.25, -0.2) is 9.78 Å². The summed E-state index contributed by atoms with van der Waals surface area (Å²) < 4.78 is 41.2. The number of ether oxygens (including phenoxy) is 1. The van der Waals surface area contributed by atoms with E-state index in [0.29, 0.717) is 10.8 Å². The Morgan fingerprint density at radius 3 is 2.65 bits per heavy atom. The fourth-order valence-electron chi connectivity index (χ4n) is 1.65. The van der Waals surface area contributed by atoms with E-state index < -0.39 is 25.2 Å². The van der Waals surface area contributed by atoms with Crippen molar-refractivity contribution in [2.75, 3.05) is 6.61 Å². The normalized spacial score (nSPS) is 11.6. The highest BCUT2D eigenvalue weighted by Gasteiger charge is 2.27. The van der Waals surface area contributed by atoms with E-state index in [1.807, 2.05) is 0 Å². The SMILES string of the molecule is O=C(O)c1cc2ccccc2c(OCCC(F)(F)F)n1. The molecule has 106 valence electrons. The van der Waals surface area contributed by atoms with Gasteiger partial charge >= 0.3 is 12.1 Å². The third kappa shape index (κ3) is 3.37. The Hall–Kier alpha value is -2.31. The lowest BCUT2D eigenvalue weighted by molar-refractivity contribution is -0.139. The van der Waals surface area contributed by atoms with Gasteiger partial charge in [0, 0.05) is 5.39 Å². The first-order chi connectivity index (χ1) is 9.37. The van der Waals surface area contributed by atoms with Gasteiger partial charge in [-0.1, -0.05) is 18.2 Å². The van der Waals surface area contributed by atoms with E-state index in [-0.39, 0.29) is 11.6 Å². The summed E-state index contributed by atoms with van der Waals surface area (Å²) in [5.41, 5.74) is -0.272. The molecule has 1 aromatic heterocycles. The van der Waals surface area contributed by atoms with Crippen LogP contribution >= 0.6 is 0 Å². The van der Waals surface area contributed by atoms with Crippen molar-refractivity contribution in [1.29, 1.82) is 0 Å². The number of rotatable bonds is 4. The van der Waals surface area contributed by atoms with Crippen LogP contribution in [0.4, 0.5) is 13.2 Å². The quantitative estimate of drug-likeness (QED) is 0.936. The minimum absolute atomic E-state index is 0.107. The van der Waals surface area contributed by atoms with Crippen LogP contribution in [0.1, 0.15) is 16.9 Å². The first kappa shape index (κ1) is 14.1. The lowest BCUT2D eigenvalue weighted by Crippen LogP contribution is -2.14. The molecule has 0 saturated heterocycles. The maximum absolute atomic E-state index is 12.1. The average Bonchev–Trinajstić information content (AvgIpc) is 2.36. The molecule has 2 rings (SSSR count). The number of hydrogen-bond donors (Lipinski definition) is 1. The topological polar surface area (TPSA) is 59.4 Å². The maximum atomic E-state index is 12.1. The van der Waals surface area contributed by atoms with Crippen molar-refractivity contribution in [2.45, 2.75) is 12.6 Å².